The minimum Gasteiger partial charge on any atom is -0.479 e. The summed E-state index contributed by atoms with van der Waals surface area (Å²) in [6.45, 7) is 5.51. The fourth-order valence-corrected chi connectivity index (χ4v) is 2.93. The third-order valence-corrected chi connectivity index (χ3v) is 3.89. The van der Waals surface area contributed by atoms with E-state index < -0.39 is 29.0 Å². The Morgan fingerprint density at radius 1 is 1.39 bits per heavy atom. The molecule has 5 nitrogen and oxygen atoms in total. The largest absolute Gasteiger partial charge is 0.479 e. The third-order valence-electron chi connectivity index (χ3n) is 3.89. The van der Waals surface area contributed by atoms with Gasteiger partial charge in [0.05, 0.1) is 0 Å². The molecule has 23 heavy (non-hydrogen) atoms. The van der Waals surface area contributed by atoms with E-state index in [4.69, 9.17) is 4.74 Å². The number of nitrogens with zero attached hydrogens (tertiary/aromatic N) is 1. The zero-order valence-electron chi connectivity index (χ0n) is 13.6. The van der Waals surface area contributed by atoms with Crippen LogP contribution in [0.3, 0.4) is 0 Å². The molecular weight excluding hydrogens is 301 g/mol. The maximum Gasteiger partial charge on any atom is 0.411 e. The number of benzene rings is 1. The molecule has 0 saturated carbocycles. The lowest BCUT2D eigenvalue weighted by Gasteiger charge is -2.36. The minimum atomic E-state index is -1.39. The fourth-order valence-electron chi connectivity index (χ4n) is 2.93. The average Bonchev–Trinajstić information content (AvgIpc) is 2.82. The van der Waals surface area contributed by atoms with Crippen LogP contribution in [-0.2, 0) is 16.0 Å². The first-order valence-electron chi connectivity index (χ1n) is 7.62. The first-order chi connectivity index (χ1) is 10.6. The van der Waals surface area contributed by atoms with E-state index in [0.29, 0.717) is 24.9 Å². The fraction of sp³-hybridized carbons (Fsp3) is 0.529. The highest BCUT2D eigenvalue weighted by Crippen LogP contribution is 2.34. The van der Waals surface area contributed by atoms with Crippen molar-refractivity contribution in [2.45, 2.75) is 51.2 Å². The maximum absolute atomic E-state index is 13.4. The average molecular weight is 323 g/mol. The number of ether oxygens (including phenoxy) is 1. The van der Waals surface area contributed by atoms with Gasteiger partial charge >= 0.3 is 12.1 Å². The summed E-state index contributed by atoms with van der Waals surface area (Å²) in [5, 5.41) is 9.77. The van der Waals surface area contributed by atoms with Crippen LogP contribution in [0.25, 0.3) is 0 Å². The Bertz CT molecular complexity index is 611. The van der Waals surface area contributed by atoms with E-state index in [-0.39, 0.29) is 6.42 Å². The summed E-state index contributed by atoms with van der Waals surface area (Å²) >= 11 is 0. The smallest absolute Gasteiger partial charge is 0.411 e. The van der Waals surface area contributed by atoms with E-state index in [1.807, 2.05) is 0 Å². The third kappa shape index (κ3) is 3.81. The summed E-state index contributed by atoms with van der Waals surface area (Å²) in [5.74, 6) is -1.52. The lowest BCUT2D eigenvalue weighted by molar-refractivity contribution is -0.149. The summed E-state index contributed by atoms with van der Waals surface area (Å²) < 4.78 is 18.7. The van der Waals surface area contributed by atoms with Gasteiger partial charge in [0.15, 0.2) is 0 Å². The van der Waals surface area contributed by atoms with E-state index in [9.17, 15) is 19.1 Å². The molecule has 0 aliphatic carbocycles. The second-order valence-electron chi connectivity index (χ2n) is 6.88. The number of carbonyl (C=O) groups excluding carboxylic acids is 1. The van der Waals surface area contributed by atoms with E-state index in [2.05, 4.69) is 0 Å². The Labute approximate surface area is 135 Å². The molecule has 1 unspecified atom stereocenters. The summed E-state index contributed by atoms with van der Waals surface area (Å²) in [7, 11) is 0. The Hall–Kier alpha value is -2.11. The summed E-state index contributed by atoms with van der Waals surface area (Å²) in [6, 6.07) is 5.81. The molecule has 1 aliphatic heterocycles. The number of hydrogen-bond donors (Lipinski definition) is 1. The van der Waals surface area contributed by atoms with Crippen molar-refractivity contribution in [1.29, 1.82) is 0 Å². The van der Waals surface area contributed by atoms with Crippen molar-refractivity contribution in [3.63, 3.8) is 0 Å². The van der Waals surface area contributed by atoms with Gasteiger partial charge in [0.1, 0.15) is 17.0 Å². The van der Waals surface area contributed by atoms with Crippen LogP contribution in [0.15, 0.2) is 24.3 Å². The molecule has 6 heteroatoms. The second kappa shape index (κ2) is 6.18. The van der Waals surface area contributed by atoms with Gasteiger partial charge in [-0.15, -0.1) is 0 Å². The van der Waals surface area contributed by atoms with Crippen molar-refractivity contribution in [3.8, 4) is 0 Å². The molecule has 0 aromatic heterocycles. The molecule has 1 fully saturated rings. The van der Waals surface area contributed by atoms with Gasteiger partial charge in [-0.05, 0) is 51.3 Å². The van der Waals surface area contributed by atoms with Gasteiger partial charge in [-0.1, -0.05) is 12.1 Å². The van der Waals surface area contributed by atoms with Crippen molar-refractivity contribution in [2.24, 2.45) is 0 Å². The summed E-state index contributed by atoms with van der Waals surface area (Å²) in [4.78, 5) is 25.6. The van der Waals surface area contributed by atoms with Crippen LogP contribution in [0.5, 0.6) is 0 Å². The van der Waals surface area contributed by atoms with Gasteiger partial charge in [-0.2, -0.15) is 0 Å². The number of carboxylic acids is 1. The molecule has 2 rings (SSSR count). The first kappa shape index (κ1) is 17.2. The van der Waals surface area contributed by atoms with Gasteiger partial charge in [-0.25, -0.2) is 14.0 Å². The van der Waals surface area contributed by atoms with Crippen LogP contribution >= 0.6 is 0 Å². The number of carbonyl (C=O) groups is 2. The van der Waals surface area contributed by atoms with Crippen LogP contribution in [0.4, 0.5) is 9.18 Å². The quantitative estimate of drug-likeness (QED) is 0.927. The van der Waals surface area contributed by atoms with Crippen molar-refractivity contribution >= 4 is 12.1 Å². The summed E-state index contributed by atoms with van der Waals surface area (Å²) in [6.07, 6.45) is 0.298. The number of likely N-dealkylation sites (tertiary alicyclic amines) is 1. The van der Waals surface area contributed by atoms with Crippen LogP contribution in [0.2, 0.25) is 0 Å². The number of rotatable bonds is 3. The first-order valence-corrected chi connectivity index (χ1v) is 7.62. The number of amides is 1. The molecule has 0 radical (unpaired) electrons. The molecule has 0 bridgehead atoms. The Morgan fingerprint density at radius 3 is 2.65 bits per heavy atom. The van der Waals surface area contributed by atoms with Gasteiger partial charge in [0.2, 0.25) is 0 Å². The molecule has 1 saturated heterocycles. The van der Waals surface area contributed by atoms with Crippen LogP contribution in [-0.4, -0.2) is 39.8 Å². The molecule has 0 spiro atoms. The predicted molar refractivity (Wildman–Crippen MR) is 82.6 cm³/mol. The van der Waals surface area contributed by atoms with Crippen molar-refractivity contribution in [3.05, 3.63) is 35.6 Å². The Balaban J connectivity index is 2.31. The van der Waals surface area contributed by atoms with E-state index in [1.165, 1.54) is 23.1 Å². The van der Waals surface area contributed by atoms with E-state index in [0.717, 1.165) is 0 Å². The van der Waals surface area contributed by atoms with Crippen molar-refractivity contribution in [1.82, 2.24) is 4.90 Å². The lowest BCUT2D eigenvalue weighted by atomic mass is 9.88. The monoisotopic (exact) mass is 323 g/mol. The van der Waals surface area contributed by atoms with Gasteiger partial charge < -0.3 is 9.84 Å². The lowest BCUT2D eigenvalue weighted by Crippen LogP contribution is -2.55. The van der Waals surface area contributed by atoms with E-state index >= 15 is 0 Å². The molecule has 1 atom stereocenters. The zero-order valence-corrected chi connectivity index (χ0v) is 13.6. The van der Waals surface area contributed by atoms with E-state index in [1.54, 1.807) is 26.8 Å². The maximum atomic E-state index is 13.4. The SMILES string of the molecule is CC(C)(C)OC(=O)N1CCCC1(Cc1cccc(F)c1)C(=O)O. The second-order valence-corrected chi connectivity index (χ2v) is 6.88. The number of aliphatic carboxylic acids is 1. The van der Waals surface area contributed by atoms with Gasteiger partial charge in [0, 0.05) is 13.0 Å². The minimum absolute atomic E-state index is 0.0549. The molecule has 1 amide bonds. The molecule has 1 aliphatic rings. The standard InChI is InChI=1S/C17H22FNO4/c1-16(2,3)23-15(22)19-9-5-8-17(19,14(20)21)11-12-6-4-7-13(18)10-12/h4,6-7,10H,5,8-9,11H2,1-3H3,(H,20,21). The van der Waals surface area contributed by atoms with Crippen molar-refractivity contribution in [2.75, 3.05) is 6.54 Å². The highest BCUT2D eigenvalue weighted by Gasteiger charge is 2.51. The van der Waals surface area contributed by atoms with Crippen LogP contribution in [0.1, 0.15) is 39.2 Å². The summed E-state index contributed by atoms with van der Waals surface area (Å²) in [5.41, 5.74) is -1.55. The van der Waals surface area contributed by atoms with Crippen molar-refractivity contribution < 1.29 is 23.8 Å². The molecule has 126 valence electrons. The highest BCUT2D eigenvalue weighted by molar-refractivity contribution is 5.85. The normalized spacial score (nSPS) is 21.3. The highest BCUT2D eigenvalue weighted by atomic mass is 19.1. The zero-order chi connectivity index (χ0) is 17.3. The Kier molecular flexibility index (Phi) is 4.63. The number of hydrogen-bond acceptors (Lipinski definition) is 3. The Morgan fingerprint density at radius 2 is 2.09 bits per heavy atom. The van der Waals surface area contributed by atoms with Crippen LogP contribution < -0.4 is 0 Å². The number of halogens is 1. The predicted octanol–water partition coefficient (Wildman–Crippen LogP) is 3.22. The molecule has 1 heterocycles. The molecule has 1 aromatic rings. The van der Waals surface area contributed by atoms with Crippen LogP contribution in [0, 0.1) is 5.82 Å². The number of carboxylic acid groups (broad SMARTS) is 1. The molecular formula is C17H22FNO4. The van der Waals surface area contributed by atoms with Gasteiger partial charge in [-0.3, -0.25) is 4.90 Å². The molecule has 1 aromatic carbocycles. The molecule has 1 N–H and O–H groups in total. The topological polar surface area (TPSA) is 66.8 Å². The van der Waals surface area contributed by atoms with Gasteiger partial charge in [0.25, 0.3) is 0 Å².